The molecular formula is C13H12BrN3O3S. The topological polar surface area (TPSA) is 91.3 Å². The fourth-order valence-electron chi connectivity index (χ4n) is 1.64. The summed E-state index contributed by atoms with van der Waals surface area (Å²) in [6.07, 6.45) is -0.0446. The second kappa shape index (κ2) is 6.79. The number of aromatic nitrogens is 1. The van der Waals surface area contributed by atoms with Crippen molar-refractivity contribution in [1.29, 1.82) is 0 Å². The van der Waals surface area contributed by atoms with Crippen molar-refractivity contribution in [2.75, 3.05) is 5.32 Å². The smallest absolute Gasteiger partial charge is 0.258 e. The van der Waals surface area contributed by atoms with Crippen molar-refractivity contribution in [3.8, 4) is 0 Å². The first-order valence-corrected chi connectivity index (χ1v) is 7.62. The van der Waals surface area contributed by atoms with Gasteiger partial charge in [0, 0.05) is 9.85 Å². The lowest BCUT2D eigenvalue weighted by molar-refractivity contribution is -0.128. The molecule has 2 rings (SSSR count). The Bertz CT molecular complexity index is 687. The molecule has 1 aromatic heterocycles. The number of benzene rings is 1. The summed E-state index contributed by atoms with van der Waals surface area (Å²) in [5.41, 5.74) is 3.49. The Morgan fingerprint density at radius 3 is 2.90 bits per heavy atom. The number of hydrogen-bond acceptors (Lipinski definition) is 5. The molecule has 0 bridgehead atoms. The summed E-state index contributed by atoms with van der Waals surface area (Å²) in [6, 6.07) is 5.41. The van der Waals surface area contributed by atoms with Gasteiger partial charge in [0.2, 0.25) is 5.91 Å². The number of carbonyl (C=O) groups excluding carboxylic acids is 2. The number of carbonyl (C=O) groups is 2. The molecule has 1 heterocycles. The van der Waals surface area contributed by atoms with Crippen molar-refractivity contribution in [3.63, 3.8) is 0 Å². The number of amides is 2. The van der Waals surface area contributed by atoms with Gasteiger partial charge in [0.25, 0.3) is 5.91 Å². The summed E-state index contributed by atoms with van der Waals surface area (Å²) in [7, 11) is 0. The van der Waals surface area contributed by atoms with Crippen molar-refractivity contribution in [1.82, 2.24) is 10.5 Å². The predicted molar refractivity (Wildman–Crippen MR) is 82.6 cm³/mol. The number of anilines is 1. The molecule has 0 unspecified atom stereocenters. The number of aryl methyl sites for hydroxylation is 1. The van der Waals surface area contributed by atoms with Gasteiger partial charge < -0.3 is 0 Å². The maximum absolute atomic E-state index is 12.2. The lowest BCUT2D eigenvalue weighted by atomic mass is 10.1. The van der Waals surface area contributed by atoms with E-state index in [1.54, 1.807) is 17.5 Å². The molecule has 110 valence electrons. The van der Waals surface area contributed by atoms with Crippen molar-refractivity contribution < 1.29 is 14.8 Å². The summed E-state index contributed by atoms with van der Waals surface area (Å²) in [6.45, 7) is 1.90. The zero-order valence-corrected chi connectivity index (χ0v) is 13.4. The molecule has 0 aliphatic carbocycles. The van der Waals surface area contributed by atoms with E-state index >= 15 is 0 Å². The molecule has 0 aliphatic rings. The average molecular weight is 370 g/mol. The van der Waals surface area contributed by atoms with Crippen LogP contribution in [-0.2, 0) is 11.2 Å². The first-order chi connectivity index (χ1) is 10.0. The average Bonchev–Trinajstić information content (AvgIpc) is 2.88. The van der Waals surface area contributed by atoms with Crippen LogP contribution in [-0.4, -0.2) is 22.0 Å². The number of halogens is 1. The quantitative estimate of drug-likeness (QED) is 0.570. The van der Waals surface area contributed by atoms with Crippen LogP contribution in [0.4, 0.5) is 5.13 Å². The summed E-state index contributed by atoms with van der Waals surface area (Å²) in [5.74, 6) is -0.835. The molecule has 3 N–H and O–H groups in total. The molecular weight excluding hydrogens is 358 g/mol. The van der Waals surface area contributed by atoms with Gasteiger partial charge in [-0.3, -0.25) is 20.1 Å². The van der Waals surface area contributed by atoms with Crippen LogP contribution in [0.3, 0.4) is 0 Å². The van der Waals surface area contributed by atoms with Gasteiger partial charge in [-0.25, -0.2) is 10.5 Å². The molecule has 8 heteroatoms. The van der Waals surface area contributed by atoms with Crippen LogP contribution in [0.5, 0.6) is 0 Å². The highest BCUT2D eigenvalue weighted by atomic mass is 79.9. The molecule has 0 aliphatic heterocycles. The molecule has 1 aromatic carbocycles. The third kappa shape index (κ3) is 3.87. The van der Waals surface area contributed by atoms with Crippen molar-refractivity contribution in [2.45, 2.75) is 13.3 Å². The Morgan fingerprint density at radius 2 is 2.19 bits per heavy atom. The minimum atomic E-state index is -0.556. The minimum Gasteiger partial charge on any atom is -0.298 e. The largest absolute Gasteiger partial charge is 0.298 e. The molecule has 6 nitrogen and oxygen atoms in total. The van der Waals surface area contributed by atoms with Crippen LogP contribution in [0.1, 0.15) is 21.6 Å². The third-order valence-corrected chi connectivity index (χ3v) is 4.53. The van der Waals surface area contributed by atoms with Gasteiger partial charge in [0.1, 0.15) is 0 Å². The Labute approximate surface area is 133 Å². The first kappa shape index (κ1) is 15.6. The highest BCUT2D eigenvalue weighted by Gasteiger charge is 2.14. The molecule has 0 saturated heterocycles. The normalized spacial score (nSPS) is 10.2. The molecule has 2 aromatic rings. The highest BCUT2D eigenvalue weighted by Crippen LogP contribution is 2.23. The van der Waals surface area contributed by atoms with E-state index < -0.39 is 5.91 Å². The van der Waals surface area contributed by atoms with Gasteiger partial charge in [0.15, 0.2) is 5.13 Å². The van der Waals surface area contributed by atoms with Crippen LogP contribution in [0.2, 0.25) is 0 Å². The number of nitrogens with one attached hydrogen (secondary N) is 2. The van der Waals surface area contributed by atoms with E-state index in [1.807, 2.05) is 13.0 Å². The number of hydroxylamine groups is 1. The van der Waals surface area contributed by atoms with Crippen molar-refractivity contribution >= 4 is 44.2 Å². The molecule has 21 heavy (non-hydrogen) atoms. The van der Waals surface area contributed by atoms with Crippen LogP contribution in [0, 0.1) is 6.92 Å². The Hall–Kier alpha value is -1.77. The maximum Gasteiger partial charge on any atom is 0.258 e. The van der Waals surface area contributed by atoms with Crippen molar-refractivity contribution in [3.05, 3.63) is 44.9 Å². The van der Waals surface area contributed by atoms with Crippen LogP contribution in [0.15, 0.2) is 28.1 Å². The summed E-state index contributed by atoms with van der Waals surface area (Å²) >= 11 is 4.60. The second-order valence-corrected chi connectivity index (χ2v) is 5.90. The second-order valence-electron chi connectivity index (χ2n) is 4.25. The van der Waals surface area contributed by atoms with E-state index in [-0.39, 0.29) is 12.3 Å². The van der Waals surface area contributed by atoms with Gasteiger partial charge in [0.05, 0.1) is 17.7 Å². The van der Waals surface area contributed by atoms with Gasteiger partial charge in [-0.1, -0.05) is 12.1 Å². The predicted octanol–water partition coefficient (Wildman–Crippen LogP) is 2.51. The summed E-state index contributed by atoms with van der Waals surface area (Å²) in [4.78, 5) is 27.3. The van der Waals surface area contributed by atoms with E-state index in [9.17, 15) is 9.59 Å². The number of rotatable bonds is 4. The molecule has 0 saturated carbocycles. The number of nitrogens with zero attached hydrogens (tertiary/aromatic N) is 1. The Morgan fingerprint density at radius 1 is 1.43 bits per heavy atom. The van der Waals surface area contributed by atoms with Crippen molar-refractivity contribution in [2.24, 2.45) is 0 Å². The van der Waals surface area contributed by atoms with Crippen LogP contribution >= 0.6 is 27.3 Å². The van der Waals surface area contributed by atoms with Gasteiger partial charge >= 0.3 is 0 Å². The van der Waals surface area contributed by atoms with E-state index in [0.29, 0.717) is 16.4 Å². The van der Waals surface area contributed by atoms with Gasteiger partial charge in [-0.15, -0.1) is 11.3 Å². The Kier molecular flexibility index (Phi) is 5.05. The van der Waals surface area contributed by atoms with E-state index in [0.717, 1.165) is 10.0 Å². The van der Waals surface area contributed by atoms with Crippen LogP contribution < -0.4 is 10.8 Å². The van der Waals surface area contributed by atoms with Gasteiger partial charge in [-0.05, 0) is 34.5 Å². The number of hydrogen-bond donors (Lipinski definition) is 3. The summed E-state index contributed by atoms with van der Waals surface area (Å²) < 4.78 is 0.735. The van der Waals surface area contributed by atoms with E-state index in [1.165, 1.54) is 16.8 Å². The van der Waals surface area contributed by atoms with E-state index in [4.69, 9.17) is 5.21 Å². The standard InChI is InChI=1S/C13H12BrN3O3S/c1-7-3-2-4-9(11(7)14)12(19)16-13-15-8(6-21-13)5-10(18)17-20/h2-4,6,20H,5H2,1H3,(H,17,18)(H,15,16,19). The molecule has 0 fully saturated rings. The van der Waals surface area contributed by atoms with Gasteiger partial charge in [-0.2, -0.15) is 0 Å². The zero-order chi connectivity index (χ0) is 15.4. The molecule has 0 radical (unpaired) electrons. The maximum atomic E-state index is 12.2. The summed E-state index contributed by atoms with van der Waals surface area (Å²) in [5, 5.41) is 13.2. The minimum absolute atomic E-state index is 0.0446. The Balaban J connectivity index is 2.09. The van der Waals surface area contributed by atoms with Crippen LogP contribution in [0.25, 0.3) is 0 Å². The third-order valence-electron chi connectivity index (χ3n) is 2.68. The zero-order valence-electron chi connectivity index (χ0n) is 11.0. The molecule has 0 atom stereocenters. The number of thiazole rings is 1. The fourth-order valence-corrected chi connectivity index (χ4v) is 2.79. The first-order valence-electron chi connectivity index (χ1n) is 5.95. The fraction of sp³-hybridized carbons (Fsp3) is 0.154. The molecule has 0 spiro atoms. The highest BCUT2D eigenvalue weighted by molar-refractivity contribution is 9.10. The SMILES string of the molecule is Cc1cccc(C(=O)Nc2nc(CC(=O)NO)cs2)c1Br. The lowest BCUT2D eigenvalue weighted by Crippen LogP contribution is -2.20. The lowest BCUT2D eigenvalue weighted by Gasteiger charge is -2.06. The monoisotopic (exact) mass is 369 g/mol. The van der Waals surface area contributed by atoms with E-state index in [2.05, 4.69) is 26.2 Å². The molecule has 2 amide bonds.